The van der Waals surface area contributed by atoms with Crippen LogP contribution < -0.4 is 14.4 Å². The summed E-state index contributed by atoms with van der Waals surface area (Å²) in [6.07, 6.45) is 0. The lowest BCUT2D eigenvalue weighted by Crippen LogP contribution is -2.38. The lowest BCUT2D eigenvalue weighted by atomic mass is 10.3. The zero-order valence-electron chi connectivity index (χ0n) is 15.9. The normalized spacial score (nSPS) is 11.0. The molecule has 0 radical (unpaired) electrons. The van der Waals surface area contributed by atoms with Gasteiger partial charge in [0.1, 0.15) is 18.1 Å². The minimum atomic E-state index is -4.13. The molecule has 0 aliphatic heterocycles. The maximum Gasteiger partial charge on any atom is 0.264 e. The molecule has 0 saturated carbocycles. The Morgan fingerprint density at radius 3 is 2.40 bits per heavy atom. The van der Waals surface area contributed by atoms with E-state index in [1.165, 1.54) is 61.7 Å². The molecule has 3 aromatic carbocycles. The molecule has 0 aromatic heterocycles. The highest BCUT2D eigenvalue weighted by Crippen LogP contribution is 2.27. The van der Waals surface area contributed by atoms with Crippen molar-refractivity contribution in [2.45, 2.75) is 4.90 Å². The molecule has 0 saturated heterocycles. The van der Waals surface area contributed by atoms with E-state index in [4.69, 9.17) is 16.3 Å². The maximum absolute atomic E-state index is 13.9. The van der Waals surface area contributed by atoms with Crippen LogP contribution in [0.2, 0.25) is 5.02 Å². The first-order valence-electron chi connectivity index (χ1n) is 8.78. The first kappa shape index (κ1) is 21.6. The van der Waals surface area contributed by atoms with Crippen molar-refractivity contribution in [3.05, 3.63) is 83.6 Å². The quantitative estimate of drug-likeness (QED) is 0.584. The molecule has 3 aromatic rings. The van der Waals surface area contributed by atoms with Gasteiger partial charge in [-0.2, -0.15) is 0 Å². The Morgan fingerprint density at radius 2 is 1.77 bits per heavy atom. The molecule has 30 heavy (non-hydrogen) atoms. The van der Waals surface area contributed by atoms with E-state index in [0.717, 1.165) is 4.31 Å². The number of benzene rings is 3. The van der Waals surface area contributed by atoms with Gasteiger partial charge in [-0.3, -0.25) is 9.10 Å². The van der Waals surface area contributed by atoms with Crippen LogP contribution in [0.5, 0.6) is 5.75 Å². The summed E-state index contributed by atoms with van der Waals surface area (Å²) in [7, 11) is -2.66. The molecule has 156 valence electrons. The molecule has 0 heterocycles. The van der Waals surface area contributed by atoms with Crippen molar-refractivity contribution in [2.24, 2.45) is 0 Å². The number of carbonyl (C=O) groups excluding carboxylic acids is 1. The Kier molecular flexibility index (Phi) is 6.59. The van der Waals surface area contributed by atoms with Crippen molar-refractivity contribution in [2.75, 3.05) is 23.3 Å². The van der Waals surface area contributed by atoms with Crippen LogP contribution in [-0.2, 0) is 14.8 Å². The highest BCUT2D eigenvalue weighted by atomic mass is 35.5. The summed E-state index contributed by atoms with van der Waals surface area (Å²) in [6.45, 7) is -0.580. The van der Waals surface area contributed by atoms with Crippen LogP contribution in [0.4, 0.5) is 15.8 Å². The number of halogens is 2. The van der Waals surface area contributed by atoms with Gasteiger partial charge in [0.2, 0.25) is 5.91 Å². The fourth-order valence-electron chi connectivity index (χ4n) is 2.70. The second-order valence-corrected chi connectivity index (χ2v) is 8.49. The molecule has 0 aliphatic carbocycles. The summed E-state index contributed by atoms with van der Waals surface area (Å²) in [5.74, 6) is -0.851. The first-order valence-corrected chi connectivity index (χ1v) is 10.6. The van der Waals surface area contributed by atoms with Gasteiger partial charge < -0.3 is 10.1 Å². The molecule has 0 atom stereocenters. The van der Waals surface area contributed by atoms with E-state index in [0.29, 0.717) is 10.8 Å². The molecule has 0 aliphatic rings. The number of anilines is 2. The SMILES string of the molecule is COc1ccc(S(=O)(=O)N(CC(=O)Nc2ccccc2F)c2cccc(Cl)c2)cc1. The van der Waals surface area contributed by atoms with Gasteiger partial charge in [0.25, 0.3) is 10.0 Å². The number of methoxy groups -OCH3 is 1. The Morgan fingerprint density at radius 1 is 1.07 bits per heavy atom. The number of nitrogens with one attached hydrogen (secondary N) is 1. The van der Waals surface area contributed by atoms with E-state index in [1.807, 2.05) is 0 Å². The van der Waals surface area contributed by atoms with Crippen LogP contribution in [0.15, 0.2) is 77.7 Å². The zero-order chi connectivity index (χ0) is 21.7. The van der Waals surface area contributed by atoms with E-state index >= 15 is 0 Å². The third kappa shape index (κ3) is 4.90. The number of amides is 1. The average molecular weight is 449 g/mol. The van der Waals surface area contributed by atoms with Crippen LogP contribution in [-0.4, -0.2) is 28.0 Å². The topological polar surface area (TPSA) is 75.7 Å². The maximum atomic E-state index is 13.9. The predicted octanol–water partition coefficient (Wildman–Crippen LogP) is 4.32. The summed E-state index contributed by atoms with van der Waals surface area (Å²) in [6, 6.07) is 17.5. The smallest absolute Gasteiger partial charge is 0.264 e. The Bertz CT molecular complexity index is 1150. The monoisotopic (exact) mass is 448 g/mol. The van der Waals surface area contributed by atoms with Crippen LogP contribution in [0, 0.1) is 5.82 Å². The van der Waals surface area contributed by atoms with Crippen molar-refractivity contribution in [1.82, 2.24) is 0 Å². The average Bonchev–Trinajstić information content (AvgIpc) is 2.73. The van der Waals surface area contributed by atoms with Crippen molar-refractivity contribution >= 4 is 38.9 Å². The summed E-state index contributed by atoms with van der Waals surface area (Å²) in [4.78, 5) is 12.5. The van der Waals surface area contributed by atoms with Crippen molar-refractivity contribution in [1.29, 1.82) is 0 Å². The third-order valence-corrected chi connectivity index (χ3v) is 6.20. The number of rotatable bonds is 7. The minimum Gasteiger partial charge on any atom is -0.497 e. The predicted molar refractivity (Wildman–Crippen MR) is 114 cm³/mol. The number of hydrogen-bond donors (Lipinski definition) is 1. The fraction of sp³-hybridized carbons (Fsp3) is 0.0952. The van der Waals surface area contributed by atoms with Gasteiger partial charge in [-0.1, -0.05) is 29.8 Å². The molecule has 0 bridgehead atoms. The number of para-hydroxylation sites is 1. The van der Waals surface area contributed by atoms with Gasteiger partial charge in [0, 0.05) is 5.02 Å². The van der Waals surface area contributed by atoms with Crippen molar-refractivity contribution < 1.29 is 22.3 Å². The number of nitrogens with zero attached hydrogens (tertiary/aromatic N) is 1. The van der Waals surface area contributed by atoms with Gasteiger partial charge in [0.05, 0.1) is 23.4 Å². The van der Waals surface area contributed by atoms with Gasteiger partial charge in [-0.25, -0.2) is 12.8 Å². The van der Waals surface area contributed by atoms with Gasteiger partial charge in [0.15, 0.2) is 0 Å². The zero-order valence-corrected chi connectivity index (χ0v) is 17.5. The first-order chi connectivity index (χ1) is 14.3. The fourth-order valence-corrected chi connectivity index (χ4v) is 4.30. The Balaban J connectivity index is 1.96. The third-order valence-electron chi connectivity index (χ3n) is 4.18. The second kappa shape index (κ2) is 9.15. The van der Waals surface area contributed by atoms with Gasteiger partial charge in [-0.15, -0.1) is 0 Å². The molecule has 3 rings (SSSR count). The molecular weight excluding hydrogens is 431 g/mol. The molecule has 0 unspecified atom stereocenters. The summed E-state index contributed by atoms with van der Waals surface area (Å²) >= 11 is 6.02. The largest absolute Gasteiger partial charge is 0.497 e. The highest BCUT2D eigenvalue weighted by molar-refractivity contribution is 7.92. The molecule has 6 nitrogen and oxygen atoms in total. The van der Waals surface area contributed by atoms with Gasteiger partial charge in [-0.05, 0) is 54.6 Å². The molecule has 9 heteroatoms. The van der Waals surface area contributed by atoms with Crippen molar-refractivity contribution in [3.8, 4) is 5.75 Å². The summed E-state index contributed by atoms with van der Waals surface area (Å²) in [5, 5.41) is 2.70. The molecule has 1 amide bonds. The van der Waals surface area contributed by atoms with E-state index in [9.17, 15) is 17.6 Å². The Hall–Kier alpha value is -3.10. The number of hydrogen-bond acceptors (Lipinski definition) is 4. The van der Waals surface area contributed by atoms with Crippen LogP contribution in [0.1, 0.15) is 0 Å². The van der Waals surface area contributed by atoms with E-state index < -0.39 is 28.3 Å². The van der Waals surface area contributed by atoms with E-state index in [2.05, 4.69) is 5.32 Å². The summed E-state index contributed by atoms with van der Waals surface area (Å²) < 4.78 is 46.4. The lowest BCUT2D eigenvalue weighted by molar-refractivity contribution is -0.114. The lowest BCUT2D eigenvalue weighted by Gasteiger charge is -2.24. The Labute approximate surface area is 178 Å². The highest BCUT2D eigenvalue weighted by Gasteiger charge is 2.27. The molecular formula is C21H18ClFN2O4S. The summed E-state index contributed by atoms with van der Waals surface area (Å²) in [5.41, 5.74) is 0.150. The molecule has 0 spiro atoms. The van der Waals surface area contributed by atoms with Crippen molar-refractivity contribution in [3.63, 3.8) is 0 Å². The van der Waals surface area contributed by atoms with E-state index in [1.54, 1.807) is 18.2 Å². The van der Waals surface area contributed by atoms with Crippen LogP contribution in [0.3, 0.4) is 0 Å². The van der Waals surface area contributed by atoms with Gasteiger partial charge >= 0.3 is 0 Å². The molecule has 0 fully saturated rings. The number of ether oxygens (including phenoxy) is 1. The van der Waals surface area contributed by atoms with Crippen LogP contribution in [0.25, 0.3) is 0 Å². The number of sulfonamides is 1. The number of carbonyl (C=O) groups is 1. The van der Waals surface area contributed by atoms with E-state index in [-0.39, 0.29) is 16.3 Å². The molecule has 1 N–H and O–H groups in total. The standard InChI is InChI=1S/C21H18ClFN2O4S/c1-29-17-9-11-18(12-10-17)30(27,28)25(16-6-4-5-15(22)13-16)14-21(26)24-20-8-3-2-7-19(20)23/h2-13H,14H2,1H3,(H,24,26). The second-order valence-electron chi connectivity index (χ2n) is 6.20. The minimum absolute atomic E-state index is 0.0398. The van der Waals surface area contributed by atoms with Crippen LogP contribution >= 0.6 is 11.6 Å².